The number of amides is 1. The zero-order chi connectivity index (χ0) is 13.7. The maximum absolute atomic E-state index is 12.0. The van der Waals surface area contributed by atoms with E-state index in [4.69, 9.17) is 0 Å². The van der Waals surface area contributed by atoms with Crippen LogP contribution in [-0.2, 0) is 11.2 Å². The standard InChI is InChI=1S/C14H23N3OS.ClH/c1-3-12-9-16-14(19-12)10(2)17-13(18)8-11-4-6-15-7-5-11;/h9-11,15H,3-8H2,1-2H3,(H,17,18);1H. The molecule has 1 fully saturated rings. The van der Waals surface area contributed by atoms with Crippen molar-refractivity contribution in [1.82, 2.24) is 15.6 Å². The zero-order valence-corrected chi connectivity index (χ0v) is 13.8. The van der Waals surface area contributed by atoms with Gasteiger partial charge in [-0.3, -0.25) is 4.79 Å². The Morgan fingerprint density at radius 2 is 2.25 bits per heavy atom. The van der Waals surface area contributed by atoms with Crippen LogP contribution in [0.3, 0.4) is 0 Å². The van der Waals surface area contributed by atoms with Crippen LogP contribution in [0.1, 0.15) is 49.0 Å². The van der Waals surface area contributed by atoms with E-state index < -0.39 is 0 Å². The summed E-state index contributed by atoms with van der Waals surface area (Å²) in [5.41, 5.74) is 0. The molecule has 0 bridgehead atoms. The van der Waals surface area contributed by atoms with Crippen molar-refractivity contribution >= 4 is 29.7 Å². The number of carbonyl (C=O) groups excluding carboxylic acids is 1. The summed E-state index contributed by atoms with van der Waals surface area (Å²) in [6.07, 6.45) is 5.79. The van der Waals surface area contributed by atoms with Crippen LogP contribution in [0.5, 0.6) is 0 Å². The first-order chi connectivity index (χ1) is 9.19. The van der Waals surface area contributed by atoms with Gasteiger partial charge >= 0.3 is 0 Å². The summed E-state index contributed by atoms with van der Waals surface area (Å²) in [6, 6.07) is 0.0273. The highest BCUT2D eigenvalue weighted by Gasteiger charge is 2.19. The van der Waals surface area contributed by atoms with Gasteiger partial charge in [0.25, 0.3) is 0 Å². The topological polar surface area (TPSA) is 54.0 Å². The van der Waals surface area contributed by atoms with Crippen molar-refractivity contribution in [3.05, 3.63) is 16.1 Å². The van der Waals surface area contributed by atoms with Crippen LogP contribution >= 0.6 is 23.7 Å². The molecule has 0 aliphatic carbocycles. The minimum Gasteiger partial charge on any atom is -0.347 e. The predicted molar refractivity (Wildman–Crippen MR) is 85.5 cm³/mol. The Labute approximate surface area is 131 Å². The summed E-state index contributed by atoms with van der Waals surface area (Å²) in [6.45, 7) is 6.22. The van der Waals surface area contributed by atoms with Gasteiger partial charge in [0.05, 0.1) is 6.04 Å². The molecule has 1 unspecified atom stereocenters. The number of piperidine rings is 1. The highest BCUT2D eigenvalue weighted by Crippen LogP contribution is 2.21. The van der Waals surface area contributed by atoms with Crippen LogP contribution < -0.4 is 10.6 Å². The third-order valence-electron chi connectivity index (χ3n) is 3.60. The quantitative estimate of drug-likeness (QED) is 0.878. The second-order valence-corrected chi connectivity index (χ2v) is 6.35. The van der Waals surface area contributed by atoms with Gasteiger partial charge in [-0.25, -0.2) is 4.98 Å². The number of hydrogen-bond acceptors (Lipinski definition) is 4. The Morgan fingerprint density at radius 1 is 1.55 bits per heavy atom. The second kappa shape index (κ2) is 8.60. The molecule has 1 aliphatic heterocycles. The number of aromatic nitrogens is 1. The highest BCUT2D eigenvalue weighted by atomic mass is 35.5. The summed E-state index contributed by atoms with van der Waals surface area (Å²) in [7, 11) is 0. The maximum Gasteiger partial charge on any atom is 0.220 e. The molecule has 6 heteroatoms. The van der Waals surface area contributed by atoms with Crippen LogP contribution in [-0.4, -0.2) is 24.0 Å². The fourth-order valence-corrected chi connectivity index (χ4v) is 3.26. The van der Waals surface area contributed by atoms with Crippen LogP contribution in [0, 0.1) is 5.92 Å². The molecule has 4 nitrogen and oxygen atoms in total. The molecule has 0 radical (unpaired) electrons. The van der Waals surface area contributed by atoms with Crippen LogP contribution in [0.2, 0.25) is 0 Å². The Hall–Kier alpha value is -0.650. The number of carbonyl (C=O) groups is 1. The largest absolute Gasteiger partial charge is 0.347 e. The first-order valence-electron chi connectivity index (χ1n) is 7.13. The normalized spacial score (nSPS) is 17.3. The fraction of sp³-hybridized carbons (Fsp3) is 0.714. The fourth-order valence-electron chi connectivity index (χ4n) is 2.40. The number of thiazole rings is 1. The Kier molecular flexibility index (Phi) is 7.48. The lowest BCUT2D eigenvalue weighted by atomic mass is 9.94. The Balaban J connectivity index is 0.00000200. The molecular weight excluding hydrogens is 294 g/mol. The van der Waals surface area contributed by atoms with Gasteiger partial charge in [0.2, 0.25) is 5.91 Å². The number of aryl methyl sites for hydroxylation is 1. The lowest BCUT2D eigenvalue weighted by Gasteiger charge is -2.22. The Morgan fingerprint density at radius 3 is 2.85 bits per heavy atom. The average Bonchev–Trinajstić information content (AvgIpc) is 2.88. The van der Waals surface area contributed by atoms with Gasteiger partial charge in [-0.05, 0) is 45.2 Å². The zero-order valence-electron chi connectivity index (χ0n) is 12.1. The molecule has 20 heavy (non-hydrogen) atoms. The average molecular weight is 318 g/mol. The van der Waals surface area contributed by atoms with E-state index >= 15 is 0 Å². The van der Waals surface area contributed by atoms with Gasteiger partial charge in [-0.1, -0.05) is 6.92 Å². The van der Waals surface area contributed by atoms with Crippen molar-refractivity contribution in [3.63, 3.8) is 0 Å². The first-order valence-corrected chi connectivity index (χ1v) is 7.95. The van der Waals surface area contributed by atoms with E-state index in [1.807, 2.05) is 13.1 Å². The molecule has 1 atom stereocenters. The summed E-state index contributed by atoms with van der Waals surface area (Å²) >= 11 is 1.69. The minimum absolute atomic E-state index is 0. The predicted octanol–water partition coefficient (Wildman–Crippen LogP) is 2.69. The van der Waals surface area contributed by atoms with Crippen molar-refractivity contribution in [2.75, 3.05) is 13.1 Å². The van der Waals surface area contributed by atoms with E-state index in [0.29, 0.717) is 12.3 Å². The SMILES string of the molecule is CCc1cnc(C(C)NC(=O)CC2CCNCC2)s1.Cl. The van der Waals surface area contributed by atoms with E-state index in [0.717, 1.165) is 37.4 Å². The number of halogens is 1. The molecule has 0 aromatic carbocycles. The third kappa shape index (κ3) is 5.04. The molecule has 2 N–H and O–H groups in total. The molecular formula is C14H24ClN3OS. The molecule has 1 aromatic heterocycles. The Bertz CT molecular complexity index is 418. The maximum atomic E-state index is 12.0. The molecule has 0 saturated carbocycles. The van der Waals surface area contributed by atoms with Gasteiger partial charge in [0.15, 0.2) is 0 Å². The minimum atomic E-state index is 0. The number of hydrogen-bond donors (Lipinski definition) is 2. The van der Waals surface area contributed by atoms with Gasteiger partial charge in [-0.15, -0.1) is 23.7 Å². The van der Waals surface area contributed by atoms with Crippen molar-refractivity contribution in [3.8, 4) is 0 Å². The van der Waals surface area contributed by atoms with E-state index in [1.165, 1.54) is 4.88 Å². The molecule has 0 spiro atoms. The van der Waals surface area contributed by atoms with Crippen molar-refractivity contribution in [2.45, 2.75) is 45.6 Å². The van der Waals surface area contributed by atoms with Crippen molar-refractivity contribution in [1.29, 1.82) is 0 Å². The molecule has 114 valence electrons. The van der Waals surface area contributed by atoms with Gasteiger partial charge in [0, 0.05) is 17.5 Å². The van der Waals surface area contributed by atoms with E-state index in [2.05, 4.69) is 22.5 Å². The molecule has 1 amide bonds. The highest BCUT2D eigenvalue weighted by molar-refractivity contribution is 7.11. The number of rotatable bonds is 5. The first kappa shape index (κ1) is 17.4. The molecule has 1 aliphatic rings. The number of nitrogens with zero attached hydrogens (tertiary/aromatic N) is 1. The van der Waals surface area contributed by atoms with Crippen LogP contribution in [0.25, 0.3) is 0 Å². The summed E-state index contributed by atoms with van der Waals surface area (Å²) in [4.78, 5) is 17.7. The summed E-state index contributed by atoms with van der Waals surface area (Å²) < 4.78 is 0. The molecule has 2 rings (SSSR count). The number of nitrogens with one attached hydrogen (secondary N) is 2. The van der Waals surface area contributed by atoms with E-state index in [-0.39, 0.29) is 24.4 Å². The van der Waals surface area contributed by atoms with Gasteiger partial charge in [-0.2, -0.15) is 0 Å². The van der Waals surface area contributed by atoms with Crippen molar-refractivity contribution < 1.29 is 4.79 Å². The van der Waals surface area contributed by atoms with E-state index in [9.17, 15) is 4.79 Å². The monoisotopic (exact) mass is 317 g/mol. The van der Waals surface area contributed by atoms with Crippen LogP contribution in [0.4, 0.5) is 0 Å². The molecule has 1 aromatic rings. The van der Waals surface area contributed by atoms with Gasteiger partial charge < -0.3 is 10.6 Å². The third-order valence-corrected chi connectivity index (χ3v) is 4.92. The smallest absolute Gasteiger partial charge is 0.220 e. The van der Waals surface area contributed by atoms with Crippen molar-refractivity contribution in [2.24, 2.45) is 5.92 Å². The summed E-state index contributed by atoms with van der Waals surface area (Å²) in [5.74, 6) is 0.698. The molecule has 2 heterocycles. The lowest BCUT2D eigenvalue weighted by molar-refractivity contribution is -0.122. The summed E-state index contributed by atoms with van der Waals surface area (Å²) in [5, 5.41) is 7.40. The van der Waals surface area contributed by atoms with Crippen LogP contribution in [0.15, 0.2) is 6.20 Å². The second-order valence-electron chi connectivity index (χ2n) is 5.21. The van der Waals surface area contributed by atoms with E-state index in [1.54, 1.807) is 11.3 Å². The van der Waals surface area contributed by atoms with Gasteiger partial charge in [0.1, 0.15) is 5.01 Å². The molecule has 1 saturated heterocycles. The lowest BCUT2D eigenvalue weighted by Crippen LogP contribution is -2.33.